The molecule has 0 saturated carbocycles. The van der Waals surface area contributed by atoms with Gasteiger partial charge in [-0.2, -0.15) is 10.1 Å². The van der Waals surface area contributed by atoms with Crippen molar-refractivity contribution in [3.8, 4) is 5.75 Å². The molecule has 4 rings (SSSR count). The Kier molecular flexibility index (Phi) is 4.86. The van der Waals surface area contributed by atoms with Crippen LogP contribution in [-0.2, 0) is 4.79 Å². The van der Waals surface area contributed by atoms with Crippen LogP contribution in [0.2, 0.25) is 0 Å². The average molecular weight is 376 g/mol. The van der Waals surface area contributed by atoms with E-state index in [-0.39, 0.29) is 23.9 Å². The van der Waals surface area contributed by atoms with Gasteiger partial charge in [0.05, 0.1) is 19.2 Å². The van der Waals surface area contributed by atoms with Crippen molar-refractivity contribution >= 4 is 11.9 Å². The third-order valence-electron chi connectivity index (χ3n) is 5.24. The van der Waals surface area contributed by atoms with Crippen LogP contribution < -0.4 is 9.64 Å². The minimum atomic E-state index is -0.131. The van der Waals surface area contributed by atoms with Gasteiger partial charge < -0.3 is 4.74 Å². The highest BCUT2D eigenvalue weighted by Crippen LogP contribution is 2.42. The van der Waals surface area contributed by atoms with E-state index in [1.807, 2.05) is 53.8 Å². The monoisotopic (exact) mass is 376 g/mol. The first-order valence-electron chi connectivity index (χ1n) is 9.51. The van der Waals surface area contributed by atoms with Gasteiger partial charge in [0.25, 0.3) is 0 Å². The molecule has 2 atom stereocenters. The molecule has 2 heterocycles. The standard InChI is InChI=1S/C22H24N4O2/c1-15(2)21(27)25-19(16-7-5-4-6-8-16)13-20(26-22(25)23-14-24-26)17-9-11-18(28-3)12-10-17/h4-12,14-15,19-20H,13H2,1-3H3/t19-,20+/m1/s1. The predicted octanol–water partition coefficient (Wildman–Crippen LogP) is 4.01. The van der Waals surface area contributed by atoms with Gasteiger partial charge in [-0.3, -0.25) is 9.69 Å². The molecular formula is C22H24N4O2. The van der Waals surface area contributed by atoms with Crippen LogP contribution in [0.4, 0.5) is 5.95 Å². The summed E-state index contributed by atoms with van der Waals surface area (Å²) in [5, 5.41) is 4.46. The van der Waals surface area contributed by atoms with Gasteiger partial charge in [0.1, 0.15) is 12.1 Å². The van der Waals surface area contributed by atoms with E-state index in [2.05, 4.69) is 34.3 Å². The van der Waals surface area contributed by atoms with Crippen molar-refractivity contribution in [1.29, 1.82) is 0 Å². The summed E-state index contributed by atoms with van der Waals surface area (Å²) in [6.07, 6.45) is 2.25. The highest BCUT2D eigenvalue weighted by molar-refractivity contribution is 5.94. The third kappa shape index (κ3) is 3.15. The predicted molar refractivity (Wildman–Crippen MR) is 107 cm³/mol. The number of hydrogen-bond acceptors (Lipinski definition) is 4. The zero-order valence-corrected chi connectivity index (χ0v) is 16.3. The molecule has 0 spiro atoms. The Balaban J connectivity index is 1.82. The summed E-state index contributed by atoms with van der Waals surface area (Å²) in [4.78, 5) is 19.4. The van der Waals surface area contributed by atoms with Crippen LogP contribution in [0.15, 0.2) is 60.9 Å². The number of aromatic nitrogens is 3. The zero-order valence-electron chi connectivity index (χ0n) is 16.3. The van der Waals surface area contributed by atoms with Gasteiger partial charge in [-0.15, -0.1) is 0 Å². The molecule has 0 radical (unpaired) electrons. The van der Waals surface area contributed by atoms with Crippen LogP contribution in [0, 0.1) is 5.92 Å². The van der Waals surface area contributed by atoms with E-state index in [9.17, 15) is 4.79 Å². The summed E-state index contributed by atoms with van der Waals surface area (Å²) < 4.78 is 7.15. The van der Waals surface area contributed by atoms with Crippen LogP contribution in [0.3, 0.4) is 0 Å². The smallest absolute Gasteiger partial charge is 0.232 e. The molecule has 6 nitrogen and oxygen atoms in total. The Morgan fingerprint density at radius 1 is 1.04 bits per heavy atom. The maximum absolute atomic E-state index is 13.1. The molecule has 0 bridgehead atoms. The average Bonchev–Trinajstić information content (AvgIpc) is 3.22. The number of benzene rings is 2. The van der Waals surface area contributed by atoms with Gasteiger partial charge in [0, 0.05) is 5.92 Å². The molecule has 1 amide bonds. The molecule has 144 valence electrons. The molecule has 0 aliphatic carbocycles. The molecule has 1 aliphatic heterocycles. The molecule has 0 fully saturated rings. The molecule has 2 aromatic carbocycles. The molecule has 0 unspecified atom stereocenters. The summed E-state index contributed by atoms with van der Waals surface area (Å²) in [5.74, 6) is 1.33. The Morgan fingerprint density at radius 3 is 2.36 bits per heavy atom. The molecule has 6 heteroatoms. The van der Waals surface area contributed by atoms with Gasteiger partial charge in [0.15, 0.2) is 0 Å². The van der Waals surface area contributed by atoms with Crippen LogP contribution >= 0.6 is 0 Å². The van der Waals surface area contributed by atoms with Gasteiger partial charge in [-0.05, 0) is 29.7 Å². The van der Waals surface area contributed by atoms with Crippen molar-refractivity contribution in [2.45, 2.75) is 32.4 Å². The number of fused-ring (bicyclic) bond motifs is 1. The number of amides is 1. The topological polar surface area (TPSA) is 60.2 Å². The first-order chi connectivity index (χ1) is 13.6. The number of carbonyl (C=O) groups is 1. The molecular weight excluding hydrogens is 352 g/mol. The highest BCUT2D eigenvalue weighted by atomic mass is 16.5. The summed E-state index contributed by atoms with van der Waals surface area (Å²) in [6, 6.07) is 18.1. The number of methoxy groups -OCH3 is 1. The number of rotatable bonds is 4. The fraction of sp³-hybridized carbons (Fsp3) is 0.318. The maximum Gasteiger partial charge on any atom is 0.232 e. The lowest BCUT2D eigenvalue weighted by molar-refractivity contribution is -0.122. The SMILES string of the molecule is COc1ccc([C@@H]2C[C@H](c3ccccc3)N(C(=O)C(C)C)c3ncnn32)cc1. The summed E-state index contributed by atoms with van der Waals surface area (Å²) in [5.41, 5.74) is 2.22. The second-order valence-corrected chi connectivity index (χ2v) is 7.32. The lowest BCUT2D eigenvalue weighted by Crippen LogP contribution is -2.44. The molecule has 28 heavy (non-hydrogen) atoms. The molecule has 3 aromatic rings. The van der Waals surface area contributed by atoms with Crippen molar-refractivity contribution in [3.05, 3.63) is 72.1 Å². The van der Waals surface area contributed by atoms with Gasteiger partial charge in [-0.25, -0.2) is 4.68 Å². The maximum atomic E-state index is 13.1. The van der Waals surface area contributed by atoms with Crippen LogP contribution in [0.1, 0.15) is 43.5 Å². The quantitative estimate of drug-likeness (QED) is 0.690. The minimum Gasteiger partial charge on any atom is -0.497 e. The zero-order chi connectivity index (χ0) is 19.7. The fourth-order valence-corrected chi connectivity index (χ4v) is 3.79. The summed E-state index contributed by atoms with van der Waals surface area (Å²) in [6.45, 7) is 3.83. The number of ether oxygens (including phenoxy) is 1. The van der Waals surface area contributed by atoms with E-state index < -0.39 is 0 Å². The highest BCUT2D eigenvalue weighted by Gasteiger charge is 2.39. The first kappa shape index (κ1) is 18.2. The van der Waals surface area contributed by atoms with E-state index in [1.54, 1.807) is 7.11 Å². The lowest BCUT2D eigenvalue weighted by Gasteiger charge is -2.39. The minimum absolute atomic E-state index is 0.00942. The van der Waals surface area contributed by atoms with Crippen LogP contribution in [0.25, 0.3) is 0 Å². The van der Waals surface area contributed by atoms with E-state index in [0.29, 0.717) is 5.95 Å². The third-order valence-corrected chi connectivity index (χ3v) is 5.24. The van der Waals surface area contributed by atoms with Crippen molar-refractivity contribution < 1.29 is 9.53 Å². The van der Waals surface area contributed by atoms with E-state index in [4.69, 9.17) is 4.74 Å². The second-order valence-electron chi connectivity index (χ2n) is 7.32. The number of anilines is 1. The fourth-order valence-electron chi connectivity index (χ4n) is 3.79. The summed E-state index contributed by atoms with van der Waals surface area (Å²) in [7, 11) is 1.66. The number of nitrogens with zero attached hydrogens (tertiary/aromatic N) is 4. The largest absolute Gasteiger partial charge is 0.497 e. The van der Waals surface area contributed by atoms with Gasteiger partial charge in [-0.1, -0.05) is 56.3 Å². The van der Waals surface area contributed by atoms with E-state index in [1.165, 1.54) is 6.33 Å². The van der Waals surface area contributed by atoms with E-state index >= 15 is 0 Å². The second kappa shape index (κ2) is 7.46. The normalized spacial score (nSPS) is 18.8. The molecule has 0 N–H and O–H groups in total. The Labute approximate surface area is 164 Å². The Morgan fingerprint density at radius 2 is 1.71 bits per heavy atom. The van der Waals surface area contributed by atoms with Crippen molar-refractivity contribution in [2.75, 3.05) is 12.0 Å². The van der Waals surface area contributed by atoms with Crippen LogP contribution in [-0.4, -0.2) is 27.8 Å². The molecule has 0 saturated heterocycles. The van der Waals surface area contributed by atoms with Crippen molar-refractivity contribution in [1.82, 2.24) is 14.8 Å². The molecule has 1 aliphatic rings. The lowest BCUT2D eigenvalue weighted by atomic mass is 9.91. The number of carbonyl (C=O) groups excluding carboxylic acids is 1. The van der Waals surface area contributed by atoms with Crippen molar-refractivity contribution in [3.63, 3.8) is 0 Å². The Hall–Kier alpha value is -3.15. The number of hydrogen-bond donors (Lipinski definition) is 0. The van der Waals surface area contributed by atoms with Crippen molar-refractivity contribution in [2.24, 2.45) is 5.92 Å². The van der Waals surface area contributed by atoms with E-state index in [0.717, 1.165) is 23.3 Å². The first-order valence-corrected chi connectivity index (χ1v) is 9.51. The van der Waals surface area contributed by atoms with Gasteiger partial charge >= 0.3 is 0 Å². The molecule has 1 aromatic heterocycles. The summed E-state index contributed by atoms with van der Waals surface area (Å²) >= 11 is 0. The van der Waals surface area contributed by atoms with Crippen LogP contribution in [0.5, 0.6) is 5.75 Å². The van der Waals surface area contributed by atoms with Gasteiger partial charge in [0.2, 0.25) is 11.9 Å². The Bertz CT molecular complexity index is 950.